The summed E-state index contributed by atoms with van der Waals surface area (Å²) in [6.45, 7) is 8.70. The van der Waals surface area contributed by atoms with Gasteiger partial charge in [-0.25, -0.2) is 9.48 Å². The summed E-state index contributed by atoms with van der Waals surface area (Å²) in [5.74, 6) is -0.0732. The number of nitrogens with one attached hydrogen (secondary N) is 1. The van der Waals surface area contributed by atoms with Crippen molar-refractivity contribution < 1.29 is 14.3 Å². The Hall–Kier alpha value is -2.87. The monoisotopic (exact) mass is 440 g/mol. The predicted octanol–water partition coefficient (Wildman–Crippen LogP) is 4.52. The number of fused-ring (bicyclic) bond motifs is 1. The molecular formula is C23H28N4O3S. The Balaban J connectivity index is 1.41. The first-order valence-electron chi connectivity index (χ1n) is 10.5. The highest BCUT2D eigenvalue weighted by molar-refractivity contribution is 7.20. The SMILES string of the molecule is Cc1nn(-c2ccccc2)c2sc(C(=O)NC3CCN(C(=O)OC(C)(C)C)CC3)cc12. The van der Waals surface area contributed by atoms with Crippen molar-refractivity contribution in [1.82, 2.24) is 20.0 Å². The van der Waals surface area contributed by atoms with Crippen molar-refractivity contribution in [3.63, 3.8) is 0 Å². The number of aryl methyl sites for hydroxylation is 1. The number of para-hydroxylation sites is 1. The fourth-order valence-electron chi connectivity index (χ4n) is 3.69. The van der Waals surface area contributed by atoms with E-state index in [1.165, 1.54) is 11.3 Å². The van der Waals surface area contributed by atoms with Gasteiger partial charge in [0.15, 0.2) is 0 Å². The Labute approximate surface area is 186 Å². The lowest BCUT2D eigenvalue weighted by molar-refractivity contribution is 0.0200. The average molecular weight is 441 g/mol. The van der Waals surface area contributed by atoms with E-state index in [2.05, 4.69) is 10.4 Å². The van der Waals surface area contributed by atoms with Gasteiger partial charge < -0.3 is 15.0 Å². The van der Waals surface area contributed by atoms with Gasteiger partial charge in [-0.1, -0.05) is 18.2 Å². The number of thiophene rings is 1. The van der Waals surface area contributed by atoms with Crippen molar-refractivity contribution in [2.24, 2.45) is 0 Å². The van der Waals surface area contributed by atoms with Gasteiger partial charge in [-0.05, 0) is 58.7 Å². The van der Waals surface area contributed by atoms with E-state index in [1.54, 1.807) is 4.90 Å². The van der Waals surface area contributed by atoms with Crippen LogP contribution in [-0.2, 0) is 4.74 Å². The topological polar surface area (TPSA) is 76.5 Å². The number of benzene rings is 1. The summed E-state index contributed by atoms with van der Waals surface area (Å²) in [4.78, 5) is 28.5. The number of rotatable bonds is 3. The molecule has 1 aliphatic rings. The fourth-order valence-corrected chi connectivity index (χ4v) is 4.78. The molecule has 0 spiro atoms. The van der Waals surface area contributed by atoms with E-state index in [0.717, 1.165) is 21.6 Å². The molecule has 0 saturated carbocycles. The molecule has 1 fully saturated rings. The molecule has 0 bridgehead atoms. The molecule has 0 unspecified atom stereocenters. The van der Waals surface area contributed by atoms with Gasteiger partial charge in [-0.2, -0.15) is 5.10 Å². The second-order valence-corrected chi connectivity index (χ2v) is 9.91. The number of likely N-dealkylation sites (tertiary alicyclic amines) is 1. The van der Waals surface area contributed by atoms with Crippen LogP contribution in [0.3, 0.4) is 0 Å². The molecule has 7 nitrogen and oxygen atoms in total. The van der Waals surface area contributed by atoms with Gasteiger partial charge in [-0.15, -0.1) is 11.3 Å². The molecule has 31 heavy (non-hydrogen) atoms. The van der Waals surface area contributed by atoms with Crippen LogP contribution in [0.4, 0.5) is 4.79 Å². The molecule has 0 atom stereocenters. The van der Waals surface area contributed by atoms with E-state index in [0.29, 0.717) is 30.8 Å². The maximum Gasteiger partial charge on any atom is 0.410 e. The first-order valence-corrected chi connectivity index (χ1v) is 11.4. The van der Waals surface area contributed by atoms with E-state index in [-0.39, 0.29) is 18.0 Å². The summed E-state index contributed by atoms with van der Waals surface area (Å²) in [5.41, 5.74) is 1.38. The van der Waals surface area contributed by atoms with Crippen molar-refractivity contribution in [1.29, 1.82) is 0 Å². The number of carbonyl (C=O) groups excluding carboxylic acids is 2. The van der Waals surface area contributed by atoms with Crippen molar-refractivity contribution in [2.75, 3.05) is 13.1 Å². The molecule has 1 aromatic carbocycles. The molecule has 2 aromatic heterocycles. The van der Waals surface area contributed by atoms with Crippen molar-refractivity contribution in [3.8, 4) is 5.69 Å². The minimum absolute atomic E-state index is 0.0446. The van der Waals surface area contributed by atoms with Gasteiger partial charge in [0.25, 0.3) is 5.91 Å². The zero-order chi connectivity index (χ0) is 22.2. The second-order valence-electron chi connectivity index (χ2n) is 8.88. The first-order chi connectivity index (χ1) is 14.7. The summed E-state index contributed by atoms with van der Waals surface area (Å²) >= 11 is 1.45. The van der Waals surface area contributed by atoms with Gasteiger partial charge in [0.05, 0.1) is 16.3 Å². The standard InChI is InChI=1S/C23H28N4O3S/c1-15-18-14-19(31-21(18)27(25-15)17-8-6-5-7-9-17)20(28)24-16-10-12-26(13-11-16)22(29)30-23(2,3)4/h5-9,14,16H,10-13H2,1-4H3,(H,24,28). The molecule has 2 amide bonds. The minimum atomic E-state index is -0.503. The highest BCUT2D eigenvalue weighted by atomic mass is 32.1. The quantitative estimate of drug-likeness (QED) is 0.649. The average Bonchev–Trinajstić information content (AvgIpc) is 3.29. The van der Waals surface area contributed by atoms with Crippen LogP contribution in [0.5, 0.6) is 0 Å². The second kappa shape index (κ2) is 8.34. The summed E-state index contributed by atoms with van der Waals surface area (Å²) in [6, 6.07) is 11.9. The number of aromatic nitrogens is 2. The highest BCUT2D eigenvalue weighted by Gasteiger charge is 2.28. The van der Waals surface area contributed by atoms with Gasteiger partial charge in [0, 0.05) is 24.5 Å². The molecular weight excluding hydrogens is 412 g/mol. The van der Waals surface area contributed by atoms with E-state index >= 15 is 0 Å². The Morgan fingerprint density at radius 1 is 1.16 bits per heavy atom. The number of carbonyl (C=O) groups is 2. The van der Waals surface area contributed by atoms with Gasteiger partial charge in [0.1, 0.15) is 10.4 Å². The number of piperidine rings is 1. The van der Waals surface area contributed by atoms with Crippen molar-refractivity contribution in [3.05, 3.63) is 47.0 Å². The smallest absolute Gasteiger partial charge is 0.410 e. The zero-order valence-corrected chi connectivity index (χ0v) is 19.2. The number of hydrogen-bond acceptors (Lipinski definition) is 5. The summed E-state index contributed by atoms with van der Waals surface area (Å²) in [6.07, 6.45) is 1.14. The predicted molar refractivity (Wildman–Crippen MR) is 122 cm³/mol. The van der Waals surface area contributed by atoms with Crippen molar-refractivity contribution in [2.45, 2.75) is 52.2 Å². The fraction of sp³-hybridized carbons (Fsp3) is 0.435. The molecule has 3 aromatic rings. The van der Waals surface area contributed by atoms with Gasteiger partial charge in [0.2, 0.25) is 0 Å². The van der Waals surface area contributed by atoms with E-state index in [9.17, 15) is 9.59 Å². The lowest BCUT2D eigenvalue weighted by atomic mass is 10.1. The van der Waals surface area contributed by atoms with Crippen LogP contribution in [0.15, 0.2) is 36.4 Å². The molecule has 164 valence electrons. The number of hydrogen-bond donors (Lipinski definition) is 1. The molecule has 0 radical (unpaired) electrons. The normalized spacial score (nSPS) is 15.3. The first kappa shape index (κ1) is 21.4. The molecule has 8 heteroatoms. The maximum atomic E-state index is 12.9. The van der Waals surface area contributed by atoms with E-state index in [1.807, 2.05) is 68.8 Å². The van der Waals surface area contributed by atoms with Crippen molar-refractivity contribution >= 4 is 33.6 Å². The Morgan fingerprint density at radius 2 is 1.84 bits per heavy atom. The van der Waals surface area contributed by atoms with Crippen LogP contribution < -0.4 is 5.32 Å². The largest absolute Gasteiger partial charge is 0.444 e. The highest BCUT2D eigenvalue weighted by Crippen LogP contribution is 2.30. The van der Waals surface area contributed by atoms with E-state index < -0.39 is 5.60 Å². The third-order valence-corrected chi connectivity index (χ3v) is 6.36. The molecule has 4 rings (SSSR count). The maximum absolute atomic E-state index is 12.9. The van der Waals surface area contributed by atoms with Gasteiger partial charge in [-0.3, -0.25) is 4.79 Å². The van der Waals surface area contributed by atoms with Crippen LogP contribution in [0.1, 0.15) is 49.0 Å². The zero-order valence-electron chi connectivity index (χ0n) is 18.3. The molecule has 0 aliphatic carbocycles. The van der Waals surface area contributed by atoms with Crippen LogP contribution in [0.25, 0.3) is 15.9 Å². The lowest BCUT2D eigenvalue weighted by Crippen LogP contribution is -2.47. The Morgan fingerprint density at radius 3 is 2.48 bits per heavy atom. The number of ether oxygens (including phenoxy) is 1. The molecule has 1 saturated heterocycles. The summed E-state index contributed by atoms with van der Waals surface area (Å²) in [5, 5.41) is 8.77. The van der Waals surface area contributed by atoms with Crippen LogP contribution in [0, 0.1) is 6.92 Å². The Kier molecular flexibility index (Phi) is 5.75. The molecule has 3 heterocycles. The van der Waals surface area contributed by atoms with Gasteiger partial charge >= 0.3 is 6.09 Å². The van der Waals surface area contributed by atoms with Crippen LogP contribution >= 0.6 is 11.3 Å². The molecule has 1 aliphatic heterocycles. The summed E-state index contributed by atoms with van der Waals surface area (Å²) < 4.78 is 7.33. The lowest BCUT2D eigenvalue weighted by Gasteiger charge is -2.33. The third-order valence-electron chi connectivity index (χ3n) is 5.25. The molecule has 1 N–H and O–H groups in total. The number of amides is 2. The van der Waals surface area contributed by atoms with Crippen LogP contribution in [0.2, 0.25) is 0 Å². The summed E-state index contributed by atoms with van der Waals surface area (Å²) in [7, 11) is 0. The van der Waals surface area contributed by atoms with E-state index in [4.69, 9.17) is 4.74 Å². The van der Waals surface area contributed by atoms with Crippen LogP contribution in [-0.4, -0.2) is 51.4 Å². The third kappa shape index (κ3) is 4.74. The Bertz CT molecular complexity index is 1090. The minimum Gasteiger partial charge on any atom is -0.444 e. The number of nitrogens with zero attached hydrogens (tertiary/aromatic N) is 3.